The first-order valence-electron chi connectivity index (χ1n) is 20.0. The summed E-state index contributed by atoms with van der Waals surface area (Å²) in [6, 6.07) is 14.8. The molecule has 57 heavy (non-hydrogen) atoms. The van der Waals surface area contributed by atoms with Crippen LogP contribution in [-0.4, -0.2) is 104 Å². The first-order valence-corrected chi connectivity index (χ1v) is 21.5. The lowest BCUT2D eigenvalue weighted by molar-refractivity contribution is -0.141. The third kappa shape index (κ3) is 8.52. The molecule has 8 rings (SSSR count). The summed E-state index contributed by atoms with van der Waals surface area (Å²) in [4.78, 5) is 62.4. The van der Waals surface area contributed by atoms with Crippen molar-refractivity contribution < 1.29 is 46.5 Å². The van der Waals surface area contributed by atoms with Crippen molar-refractivity contribution in [2.45, 2.75) is 106 Å². The summed E-state index contributed by atoms with van der Waals surface area (Å²) >= 11 is 0. The molecular weight excluding hydrogens is 755 g/mol. The van der Waals surface area contributed by atoms with Crippen LogP contribution < -0.4 is 24.8 Å². The molecule has 4 amide bonds. The van der Waals surface area contributed by atoms with Crippen molar-refractivity contribution in [1.82, 2.24) is 25.2 Å². The van der Waals surface area contributed by atoms with Gasteiger partial charge in [0, 0.05) is 35.9 Å². The number of hydrogen-bond donors (Lipinski definition) is 3. The average molecular weight is 804 g/mol. The van der Waals surface area contributed by atoms with Gasteiger partial charge in [-0.25, -0.2) is 18.2 Å². The van der Waals surface area contributed by atoms with Crippen LogP contribution in [0.25, 0.3) is 22.2 Å². The van der Waals surface area contributed by atoms with E-state index < -0.39 is 68.9 Å². The number of fused-ring (bicyclic) bond motifs is 3. The number of carbonyl (C=O) groups is 4. The van der Waals surface area contributed by atoms with Crippen LogP contribution >= 0.6 is 0 Å². The maximum Gasteiger partial charge on any atom is 0.408 e. The van der Waals surface area contributed by atoms with Gasteiger partial charge in [0.25, 0.3) is 5.91 Å². The second-order valence-corrected chi connectivity index (χ2v) is 17.8. The van der Waals surface area contributed by atoms with Crippen molar-refractivity contribution in [2.24, 2.45) is 5.92 Å². The largest absolute Gasteiger partial charge is 0.497 e. The van der Waals surface area contributed by atoms with E-state index in [1.54, 1.807) is 13.2 Å². The smallest absolute Gasteiger partial charge is 0.408 e. The Hall–Kier alpha value is -4.96. The minimum absolute atomic E-state index is 0.0000614. The molecule has 3 saturated heterocycles. The highest BCUT2D eigenvalue weighted by Crippen LogP contribution is 2.48. The number of sulfonamides is 1. The highest BCUT2D eigenvalue weighted by atomic mass is 32.2. The van der Waals surface area contributed by atoms with E-state index in [2.05, 4.69) is 15.4 Å². The minimum atomic E-state index is -3.88. The number of nitrogens with zero attached hydrogens (tertiary/aromatic N) is 2. The zero-order valence-corrected chi connectivity index (χ0v) is 32.8. The second-order valence-electron chi connectivity index (χ2n) is 15.9. The van der Waals surface area contributed by atoms with Gasteiger partial charge in [0.2, 0.25) is 21.8 Å². The van der Waals surface area contributed by atoms with Gasteiger partial charge < -0.3 is 34.5 Å². The molecule has 0 radical (unpaired) electrons. The molecule has 0 bridgehead atoms. The molecule has 5 aliphatic rings. The summed E-state index contributed by atoms with van der Waals surface area (Å²) in [6.07, 6.45) is 3.93. The van der Waals surface area contributed by atoms with Crippen LogP contribution in [0.5, 0.6) is 11.5 Å². The number of hydrogen-bond acceptors (Lipinski definition) is 11. The highest BCUT2D eigenvalue weighted by molar-refractivity contribution is 7.91. The number of methoxy groups -OCH3 is 1. The van der Waals surface area contributed by atoms with E-state index in [4.69, 9.17) is 23.9 Å². The summed E-state index contributed by atoms with van der Waals surface area (Å²) in [5, 5.41) is 5.81. The third-order valence-electron chi connectivity index (χ3n) is 11.8. The fraction of sp³-hybridized carbons (Fsp3) is 0.537. The van der Waals surface area contributed by atoms with Crippen LogP contribution in [-0.2, 0) is 33.9 Å². The number of benzene rings is 2. The number of nitrogens with one attached hydrogen (secondary N) is 3. The van der Waals surface area contributed by atoms with E-state index in [1.807, 2.05) is 48.5 Å². The van der Waals surface area contributed by atoms with Gasteiger partial charge in [-0.3, -0.25) is 19.1 Å². The molecule has 16 heteroatoms. The molecule has 2 saturated carbocycles. The first kappa shape index (κ1) is 38.9. The van der Waals surface area contributed by atoms with E-state index in [-0.39, 0.29) is 25.5 Å². The van der Waals surface area contributed by atoms with Gasteiger partial charge >= 0.3 is 6.09 Å². The number of pyridine rings is 1. The molecule has 4 heterocycles. The number of ether oxygens (including phenoxy) is 4. The fourth-order valence-corrected chi connectivity index (χ4v) is 9.71. The quantitative estimate of drug-likeness (QED) is 0.284. The zero-order chi connectivity index (χ0) is 39.7. The summed E-state index contributed by atoms with van der Waals surface area (Å²) in [5.41, 5.74) is 0.718. The van der Waals surface area contributed by atoms with Gasteiger partial charge in [0.05, 0.1) is 43.3 Å². The molecule has 3 N–H and O–H groups in total. The minimum Gasteiger partial charge on any atom is -0.497 e. The summed E-state index contributed by atoms with van der Waals surface area (Å²) in [5.74, 6) is -0.957. The molecule has 304 valence electrons. The number of alkyl carbamates (subject to hydrolysis) is 1. The Kier molecular flexibility index (Phi) is 11.0. The van der Waals surface area contributed by atoms with Crippen molar-refractivity contribution in [3.8, 4) is 22.8 Å². The number of amides is 4. The molecule has 3 aliphatic heterocycles. The highest BCUT2D eigenvalue weighted by Gasteiger charge is 2.62. The molecule has 1 unspecified atom stereocenters. The molecule has 2 aliphatic carbocycles. The van der Waals surface area contributed by atoms with E-state index in [1.165, 1.54) is 4.90 Å². The number of rotatable bonds is 9. The predicted molar refractivity (Wildman–Crippen MR) is 208 cm³/mol. The van der Waals surface area contributed by atoms with E-state index in [0.29, 0.717) is 79.6 Å². The Morgan fingerprint density at radius 3 is 2.49 bits per heavy atom. The van der Waals surface area contributed by atoms with E-state index in [0.717, 1.165) is 24.8 Å². The third-order valence-corrected chi connectivity index (χ3v) is 13.6. The van der Waals surface area contributed by atoms with Crippen molar-refractivity contribution in [2.75, 3.05) is 26.9 Å². The Morgan fingerprint density at radius 2 is 1.75 bits per heavy atom. The zero-order valence-electron chi connectivity index (χ0n) is 31.9. The van der Waals surface area contributed by atoms with Crippen molar-refractivity contribution in [3.63, 3.8) is 0 Å². The van der Waals surface area contributed by atoms with Gasteiger partial charge in [-0.1, -0.05) is 56.0 Å². The van der Waals surface area contributed by atoms with E-state index in [9.17, 15) is 27.6 Å². The maximum absolute atomic E-state index is 14.6. The van der Waals surface area contributed by atoms with Gasteiger partial charge in [-0.05, 0) is 50.2 Å². The molecule has 6 atom stereocenters. The average Bonchev–Trinajstić information content (AvgIpc) is 4.08. The molecule has 15 nitrogen and oxygen atoms in total. The lowest BCUT2D eigenvalue weighted by atomic mass is 10.0. The fourth-order valence-electron chi connectivity index (χ4n) is 8.35. The van der Waals surface area contributed by atoms with Crippen LogP contribution in [0.2, 0.25) is 0 Å². The Morgan fingerprint density at radius 1 is 0.965 bits per heavy atom. The number of aromatic nitrogens is 1. The Labute approximate surface area is 331 Å². The van der Waals surface area contributed by atoms with Crippen LogP contribution in [0.1, 0.15) is 70.6 Å². The molecule has 3 aromatic rings. The van der Waals surface area contributed by atoms with Crippen LogP contribution in [0.15, 0.2) is 54.6 Å². The van der Waals surface area contributed by atoms with Gasteiger partial charge in [0.1, 0.15) is 41.3 Å². The summed E-state index contributed by atoms with van der Waals surface area (Å²) < 4.78 is 51.2. The van der Waals surface area contributed by atoms with Crippen LogP contribution in [0, 0.1) is 5.92 Å². The molecule has 1 aromatic heterocycles. The van der Waals surface area contributed by atoms with Crippen LogP contribution in [0.3, 0.4) is 0 Å². The van der Waals surface area contributed by atoms with Gasteiger partial charge in [-0.15, -0.1) is 0 Å². The number of carbonyl (C=O) groups excluding carboxylic acids is 4. The predicted octanol–water partition coefficient (Wildman–Crippen LogP) is 3.98. The normalized spacial score (nSPS) is 28.0. The Bertz CT molecular complexity index is 2130. The lowest BCUT2D eigenvalue weighted by Crippen LogP contribution is -2.58. The van der Waals surface area contributed by atoms with Crippen LogP contribution in [0.4, 0.5) is 4.79 Å². The standard InChI is InChI=1S/C41H49N5O10S/c1-53-27-13-16-31-34(19-27)42-33(25-9-5-4-6-10-25)21-36(31)55-29-20-35-37(47)44-41(39(49)45-57(51,52)30-14-15-30)22-26(41)11-7-2-3-8-12-32(38(48)46(35)23-29)43-40(50)56-28-17-18-54-24-28/h4-6,9-10,13,16,19,21,26,28-30,32,35H,2-3,7-8,11-12,14-15,17-18,20,22-24H2,1H3,(H,43,50)(H,44,47)(H,45,49)/t26?,28-,29+,32-,35-,41+/m0/s1. The Balaban J connectivity index is 1.11. The lowest BCUT2D eigenvalue weighted by Gasteiger charge is -2.30. The van der Waals surface area contributed by atoms with Crippen molar-refractivity contribution >= 4 is 44.7 Å². The maximum atomic E-state index is 14.6. The van der Waals surface area contributed by atoms with Crippen molar-refractivity contribution in [1.29, 1.82) is 0 Å². The monoisotopic (exact) mass is 803 g/mol. The second kappa shape index (κ2) is 16.1. The SMILES string of the molecule is COc1ccc2c(O[C@@H]3C[C@H]4C(=O)N[C@]5(C(=O)NS(=O)(=O)C6CC6)CC5CCCCCC[C@H](NC(=O)O[C@H]5CCOC5)C(=O)N4C3)cc(-c3ccccc3)nc2c1. The van der Waals surface area contributed by atoms with E-state index >= 15 is 0 Å². The topological polar surface area (TPSA) is 192 Å². The summed E-state index contributed by atoms with van der Waals surface area (Å²) in [6.45, 7) is 0.756. The summed E-state index contributed by atoms with van der Waals surface area (Å²) in [7, 11) is -2.30. The molecule has 5 fully saturated rings. The molecule has 0 spiro atoms. The van der Waals surface area contributed by atoms with Gasteiger partial charge in [0.15, 0.2) is 0 Å². The molecular formula is C41H49N5O10S. The van der Waals surface area contributed by atoms with Gasteiger partial charge in [-0.2, -0.15) is 0 Å². The molecule has 2 aromatic carbocycles. The van der Waals surface area contributed by atoms with Crippen molar-refractivity contribution in [3.05, 3.63) is 54.6 Å². The first-order chi connectivity index (χ1) is 27.5.